The van der Waals surface area contributed by atoms with Crippen molar-refractivity contribution in [2.45, 2.75) is 68.5 Å². The second-order valence-corrected chi connectivity index (χ2v) is 13.2. The van der Waals surface area contributed by atoms with Crippen LogP contribution in [0, 0.1) is 11.8 Å². The second-order valence-electron chi connectivity index (χ2n) is 9.46. The van der Waals surface area contributed by atoms with Gasteiger partial charge in [-0.3, -0.25) is 9.52 Å². The number of alkyl halides is 3. The molecule has 3 rings (SSSR count). The van der Waals surface area contributed by atoms with Gasteiger partial charge in [-0.25, -0.2) is 16.8 Å². The number of nitrogens with one attached hydrogen (secondary N) is 1. The Hall–Kier alpha value is -1.82. The van der Waals surface area contributed by atoms with Gasteiger partial charge in [0.2, 0.25) is 15.9 Å². The van der Waals surface area contributed by atoms with Gasteiger partial charge in [0.1, 0.15) is 0 Å². The van der Waals surface area contributed by atoms with Crippen LogP contribution in [-0.2, 0) is 24.7 Å². The molecule has 0 unspecified atom stereocenters. The third-order valence-corrected chi connectivity index (χ3v) is 9.90. The normalized spacial score (nSPS) is 22.1. The van der Waals surface area contributed by atoms with Crippen LogP contribution in [0.2, 0.25) is 0 Å². The van der Waals surface area contributed by atoms with E-state index in [4.69, 9.17) is 0 Å². The highest BCUT2D eigenvalue weighted by Crippen LogP contribution is 2.34. The van der Waals surface area contributed by atoms with E-state index in [9.17, 15) is 34.8 Å². The summed E-state index contributed by atoms with van der Waals surface area (Å²) in [4.78, 5) is 14.3. The zero-order valence-corrected chi connectivity index (χ0v) is 20.7. The molecule has 2 saturated carbocycles. The van der Waals surface area contributed by atoms with Crippen LogP contribution in [0.15, 0.2) is 29.2 Å². The predicted octanol–water partition coefficient (Wildman–Crippen LogP) is 3.97. The SMILES string of the molecule is CN(C(=O)CC1CCC(CS(=O)(=O)c2ccc(NS(=O)(=O)CC(F)(F)F)cc2)CC1)C1CCC1. The van der Waals surface area contributed by atoms with Gasteiger partial charge in [0.25, 0.3) is 0 Å². The molecule has 1 N–H and O–H groups in total. The number of hydrogen-bond acceptors (Lipinski definition) is 5. The summed E-state index contributed by atoms with van der Waals surface area (Å²) in [6.07, 6.45) is 1.92. The van der Waals surface area contributed by atoms with Crippen LogP contribution < -0.4 is 4.72 Å². The summed E-state index contributed by atoms with van der Waals surface area (Å²) >= 11 is 0. The maximum Gasteiger partial charge on any atom is 0.404 e. The number of sulfonamides is 1. The van der Waals surface area contributed by atoms with E-state index in [1.807, 2.05) is 11.9 Å². The fraction of sp³-hybridized carbons (Fsp3) is 0.682. The molecule has 0 atom stereocenters. The molecule has 0 saturated heterocycles. The zero-order chi connectivity index (χ0) is 25.1. The average molecular weight is 525 g/mol. The summed E-state index contributed by atoms with van der Waals surface area (Å²) in [7, 11) is -6.42. The molecule has 2 fully saturated rings. The molecule has 1 aromatic carbocycles. The summed E-state index contributed by atoms with van der Waals surface area (Å²) in [5, 5.41) is 0. The number of sulfone groups is 1. The van der Waals surface area contributed by atoms with Crippen molar-refractivity contribution in [3.63, 3.8) is 0 Å². The molecule has 0 aromatic heterocycles. The van der Waals surface area contributed by atoms with Gasteiger partial charge in [0, 0.05) is 25.2 Å². The fourth-order valence-electron chi connectivity index (χ4n) is 4.54. The van der Waals surface area contributed by atoms with E-state index in [2.05, 4.69) is 0 Å². The van der Waals surface area contributed by atoms with Crippen molar-refractivity contribution in [1.82, 2.24) is 4.90 Å². The summed E-state index contributed by atoms with van der Waals surface area (Å²) in [6, 6.07) is 5.03. The molecule has 12 heteroatoms. The monoisotopic (exact) mass is 524 g/mol. The first-order valence-electron chi connectivity index (χ1n) is 11.4. The van der Waals surface area contributed by atoms with E-state index in [0.29, 0.717) is 25.3 Å². The third kappa shape index (κ3) is 7.59. The van der Waals surface area contributed by atoms with E-state index in [1.165, 1.54) is 12.1 Å². The summed E-state index contributed by atoms with van der Waals surface area (Å²) in [5.74, 6) is -1.70. The number of carbonyl (C=O) groups is 1. The molecule has 2 aliphatic carbocycles. The molecule has 192 valence electrons. The topological polar surface area (TPSA) is 101 Å². The average Bonchev–Trinajstić information content (AvgIpc) is 2.66. The molecule has 0 heterocycles. The predicted molar refractivity (Wildman–Crippen MR) is 122 cm³/mol. The molecule has 0 spiro atoms. The van der Waals surface area contributed by atoms with Crippen molar-refractivity contribution in [2.75, 3.05) is 23.3 Å². The molecular formula is C22H31F3N2O5S2. The van der Waals surface area contributed by atoms with Gasteiger partial charge in [-0.05, 0) is 81.0 Å². The number of nitrogens with zero attached hydrogens (tertiary/aromatic N) is 1. The summed E-state index contributed by atoms with van der Waals surface area (Å²) < 4.78 is 87.6. The number of halogens is 3. The molecule has 7 nitrogen and oxygen atoms in total. The van der Waals surface area contributed by atoms with Crippen LogP contribution in [0.25, 0.3) is 0 Å². The Morgan fingerprint density at radius 2 is 1.53 bits per heavy atom. The number of hydrogen-bond donors (Lipinski definition) is 1. The molecule has 34 heavy (non-hydrogen) atoms. The van der Waals surface area contributed by atoms with Gasteiger partial charge in [0.05, 0.1) is 10.6 Å². The first-order valence-corrected chi connectivity index (χ1v) is 14.7. The molecular weight excluding hydrogens is 493 g/mol. The lowest BCUT2D eigenvalue weighted by Gasteiger charge is -2.36. The van der Waals surface area contributed by atoms with Gasteiger partial charge in [0.15, 0.2) is 15.6 Å². The third-order valence-electron chi connectivity index (χ3n) is 6.74. The van der Waals surface area contributed by atoms with Crippen molar-refractivity contribution in [3.05, 3.63) is 24.3 Å². The first kappa shape index (κ1) is 26.8. The van der Waals surface area contributed by atoms with Crippen molar-refractivity contribution >= 4 is 31.5 Å². The van der Waals surface area contributed by atoms with Crippen LogP contribution in [0.3, 0.4) is 0 Å². The Morgan fingerprint density at radius 3 is 2.03 bits per heavy atom. The lowest BCUT2D eigenvalue weighted by Crippen LogP contribution is -2.42. The maximum atomic E-state index is 12.8. The number of benzene rings is 1. The highest BCUT2D eigenvalue weighted by atomic mass is 32.2. The smallest absolute Gasteiger partial charge is 0.343 e. The summed E-state index contributed by atoms with van der Waals surface area (Å²) in [5.41, 5.74) is -0.139. The van der Waals surface area contributed by atoms with Crippen molar-refractivity contribution < 1.29 is 34.8 Å². The molecule has 0 aliphatic heterocycles. The Morgan fingerprint density at radius 1 is 0.971 bits per heavy atom. The standard InChI is InChI=1S/C22H31F3N2O5S2/c1-27(19-3-2-4-19)21(28)13-16-5-7-17(8-6-16)14-33(29,30)20-11-9-18(10-12-20)26-34(31,32)15-22(23,24)25/h9-12,16-17,19,26H,2-8,13-15H2,1H3. The number of amides is 1. The fourth-order valence-corrected chi connectivity index (χ4v) is 7.23. The van der Waals surface area contributed by atoms with Crippen LogP contribution >= 0.6 is 0 Å². The Balaban J connectivity index is 1.50. The van der Waals surface area contributed by atoms with E-state index in [0.717, 1.165) is 44.2 Å². The van der Waals surface area contributed by atoms with Gasteiger partial charge >= 0.3 is 6.18 Å². The van der Waals surface area contributed by atoms with Crippen LogP contribution in [0.4, 0.5) is 18.9 Å². The van der Waals surface area contributed by atoms with Crippen LogP contribution in [0.5, 0.6) is 0 Å². The van der Waals surface area contributed by atoms with Crippen molar-refractivity contribution in [1.29, 1.82) is 0 Å². The van der Waals surface area contributed by atoms with Gasteiger partial charge in [-0.2, -0.15) is 13.2 Å². The maximum absolute atomic E-state index is 12.8. The highest BCUT2D eigenvalue weighted by Gasteiger charge is 2.35. The van der Waals surface area contributed by atoms with Crippen molar-refractivity contribution in [3.8, 4) is 0 Å². The number of carbonyl (C=O) groups excluding carboxylic acids is 1. The van der Waals surface area contributed by atoms with Crippen LogP contribution in [0.1, 0.15) is 51.4 Å². The van der Waals surface area contributed by atoms with Gasteiger partial charge in [-0.1, -0.05) is 0 Å². The largest absolute Gasteiger partial charge is 0.404 e. The Labute approximate surface area is 199 Å². The zero-order valence-electron chi connectivity index (χ0n) is 19.1. The second kappa shape index (κ2) is 10.4. The minimum absolute atomic E-state index is 0.00862. The molecule has 0 radical (unpaired) electrons. The Kier molecular flexibility index (Phi) is 8.22. The number of anilines is 1. The van der Waals surface area contributed by atoms with Gasteiger partial charge in [-0.15, -0.1) is 0 Å². The minimum atomic E-state index is -4.88. The molecule has 2 aliphatic rings. The van der Waals surface area contributed by atoms with E-state index in [1.54, 1.807) is 4.72 Å². The summed E-state index contributed by atoms with van der Waals surface area (Å²) in [6.45, 7) is 0. The van der Waals surface area contributed by atoms with E-state index < -0.39 is 31.8 Å². The quantitative estimate of drug-likeness (QED) is 0.527. The van der Waals surface area contributed by atoms with E-state index in [-0.39, 0.29) is 34.1 Å². The van der Waals surface area contributed by atoms with Crippen LogP contribution in [-0.4, -0.2) is 58.4 Å². The van der Waals surface area contributed by atoms with Crippen molar-refractivity contribution in [2.24, 2.45) is 11.8 Å². The lowest BCUT2D eigenvalue weighted by atomic mass is 9.81. The molecule has 0 bridgehead atoms. The molecule has 1 aromatic rings. The Bertz CT molecular complexity index is 1060. The number of rotatable bonds is 9. The van der Waals surface area contributed by atoms with E-state index >= 15 is 0 Å². The minimum Gasteiger partial charge on any atom is -0.343 e. The van der Waals surface area contributed by atoms with Gasteiger partial charge < -0.3 is 4.90 Å². The highest BCUT2D eigenvalue weighted by molar-refractivity contribution is 7.92. The first-order chi connectivity index (χ1) is 15.7. The lowest BCUT2D eigenvalue weighted by molar-refractivity contribution is -0.134. The molecule has 1 amide bonds.